The Kier molecular flexibility index (Phi) is 6.99. The van der Waals surface area contributed by atoms with Gasteiger partial charge in [0, 0.05) is 30.5 Å². The summed E-state index contributed by atoms with van der Waals surface area (Å²) in [4.78, 5) is 39.2. The molecule has 0 saturated heterocycles. The molecule has 1 aromatic heterocycles. The second kappa shape index (κ2) is 9.21. The molecule has 0 bridgehead atoms. The van der Waals surface area contributed by atoms with Gasteiger partial charge in [0.15, 0.2) is 0 Å². The second-order valence-corrected chi connectivity index (χ2v) is 5.97. The number of aromatic nitrogens is 2. The maximum atomic E-state index is 11.6. The van der Waals surface area contributed by atoms with Crippen molar-refractivity contribution in [3.8, 4) is 0 Å². The Bertz CT molecular complexity index is 900. The van der Waals surface area contributed by atoms with Gasteiger partial charge in [-0.25, -0.2) is 4.79 Å². The molecule has 0 saturated carbocycles. The van der Waals surface area contributed by atoms with Crippen molar-refractivity contribution in [2.24, 2.45) is 0 Å². The molecule has 0 fully saturated rings. The zero-order valence-electron chi connectivity index (χ0n) is 13.6. The van der Waals surface area contributed by atoms with E-state index in [1.165, 1.54) is 6.08 Å². The van der Waals surface area contributed by atoms with Gasteiger partial charge in [-0.2, -0.15) is 0 Å². The fraction of sp³-hybridized carbons (Fsp3) is 0.250. The van der Waals surface area contributed by atoms with Crippen LogP contribution in [-0.2, 0) is 0 Å². The molecule has 0 aliphatic heterocycles. The largest absolute Gasteiger partial charge is 0.369 e. The van der Waals surface area contributed by atoms with E-state index in [4.69, 9.17) is 23.2 Å². The van der Waals surface area contributed by atoms with Crippen molar-refractivity contribution in [3.05, 3.63) is 66.5 Å². The number of halogens is 2. The van der Waals surface area contributed by atoms with Gasteiger partial charge in [-0.05, 0) is 23.8 Å². The number of alkyl halides is 2. The lowest BCUT2D eigenvalue weighted by Crippen LogP contribution is -2.27. The lowest BCUT2D eigenvalue weighted by Gasteiger charge is -2.22. The highest BCUT2D eigenvalue weighted by Gasteiger charge is 2.18. The van der Waals surface area contributed by atoms with Crippen molar-refractivity contribution in [1.29, 1.82) is 0 Å². The molecule has 2 N–H and O–H groups in total. The van der Waals surface area contributed by atoms with Crippen LogP contribution in [0.15, 0.2) is 33.9 Å². The number of H-pyrrole nitrogens is 2. The van der Waals surface area contributed by atoms with E-state index >= 15 is 0 Å². The summed E-state index contributed by atoms with van der Waals surface area (Å²) in [7, 11) is 0. The third-order valence-corrected chi connectivity index (χ3v) is 3.88. The summed E-state index contributed by atoms with van der Waals surface area (Å²) in [5.41, 5.74) is -1.06. The topological polar surface area (TPSA) is 112 Å². The summed E-state index contributed by atoms with van der Waals surface area (Å²) in [5.74, 6) is 0.941. The predicted octanol–water partition coefficient (Wildman–Crippen LogP) is 2.43. The van der Waals surface area contributed by atoms with Crippen molar-refractivity contribution in [2.45, 2.75) is 0 Å². The summed E-state index contributed by atoms with van der Waals surface area (Å²) in [5, 5.41) is 11.0. The minimum atomic E-state index is -1.05. The first-order valence-electron chi connectivity index (χ1n) is 7.62. The van der Waals surface area contributed by atoms with Crippen LogP contribution < -0.4 is 16.1 Å². The first kappa shape index (κ1) is 19.7. The minimum absolute atomic E-state index is 0.168. The van der Waals surface area contributed by atoms with E-state index in [2.05, 4.69) is 4.98 Å². The molecule has 8 nitrogen and oxygen atoms in total. The summed E-state index contributed by atoms with van der Waals surface area (Å²) in [6.07, 6.45) is 2.88. The molecule has 2 aromatic rings. The highest BCUT2D eigenvalue weighted by atomic mass is 35.5. The molecule has 0 unspecified atom stereocenters. The molecule has 0 aliphatic carbocycles. The van der Waals surface area contributed by atoms with E-state index in [-0.39, 0.29) is 5.69 Å². The van der Waals surface area contributed by atoms with E-state index in [1.54, 1.807) is 18.2 Å². The Morgan fingerprint density at radius 2 is 1.65 bits per heavy atom. The third kappa shape index (κ3) is 4.96. The zero-order chi connectivity index (χ0) is 19.1. The van der Waals surface area contributed by atoms with Crippen LogP contribution in [0.2, 0.25) is 0 Å². The maximum Gasteiger partial charge on any atom is 0.357 e. The molecule has 0 radical (unpaired) electrons. The Hall–Kier alpha value is -2.58. The summed E-state index contributed by atoms with van der Waals surface area (Å²) in [6.45, 7) is 1.31. The molecule has 0 aliphatic rings. The van der Waals surface area contributed by atoms with Crippen LogP contribution in [0.3, 0.4) is 0 Å². The van der Waals surface area contributed by atoms with Gasteiger partial charge in [0.2, 0.25) is 0 Å². The fourth-order valence-corrected chi connectivity index (χ4v) is 2.76. The van der Waals surface area contributed by atoms with Crippen LogP contribution in [0, 0.1) is 10.1 Å². The normalized spacial score (nSPS) is 11.0. The number of nitrogens with one attached hydrogen (secondary N) is 2. The molecule has 1 aromatic carbocycles. The van der Waals surface area contributed by atoms with Crippen LogP contribution in [-0.4, -0.2) is 39.7 Å². The summed E-state index contributed by atoms with van der Waals surface area (Å²) in [6, 6.07) is 7.35. The highest BCUT2D eigenvalue weighted by molar-refractivity contribution is 6.18. The van der Waals surface area contributed by atoms with Crippen LogP contribution in [0.1, 0.15) is 11.3 Å². The highest BCUT2D eigenvalue weighted by Crippen LogP contribution is 2.18. The van der Waals surface area contributed by atoms with Gasteiger partial charge in [-0.15, -0.1) is 23.2 Å². The SMILES string of the molecule is O=c1[nH]c(C=Cc2ccc(N(CCCl)CCCl)cc2)c([N+](=O)[O-])c(=O)[nH]1. The molecule has 0 amide bonds. The Morgan fingerprint density at radius 3 is 2.19 bits per heavy atom. The predicted molar refractivity (Wildman–Crippen MR) is 103 cm³/mol. The van der Waals surface area contributed by atoms with E-state index in [1.807, 2.05) is 22.0 Å². The number of aromatic amines is 2. The molecule has 26 heavy (non-hydrogen) atoms. The molecule has 10 heteroatoms. The van der Waals surface area contributed by atoms with Crippen LogP contribution >= 0.6 is 23.2 Å². The molecule has 0 spiro atoms. The lowest BCUT2D eigenvalue weighted by atomic mass is 10.1. The quantitative estimate of drug-likeness (QED) is 0.402. The van der Waals surface area contributed by atoms with Gasteiger partial charge in [-0.1, -0.05) is 18.2 Å². The molecular formula is C16H16Cl2N4O4. The van der Waals surface area contributed by atoms with E-state index < -0.39 is 21.9 Å². The van der Waals surface area contributed by atoms with E-state index in [0.717, 1.165) is 11.3 Å². The monoisotopic (exact) mass is 398 g/mol. The summed E-state index contributed by atoms with van der Waals surface area (Å²) >= 11 is 11.6. The molecular weight excluding hydrogens is 383 g/mol. The minimum Gasteiger partial charge on any atom is -0.369 e. The number of anilines is 1. The number of nitrogens with zero attached hydrogens (tertiary/aromatic N) is 2. The van der Waals surface area contributed by atoms with Gasteiger partial charge in [0.05, 0.1) is 4.92 Å². The Morgan fingerprint density at radius 1 is 1.04 bits per heavy atom. The first-order valence-corrected chi connectivity index (χ1v) is 8.69. The number of nitro groups is 1. The Labute approximate surface area is 158 Å². The van der Waals surface area contributed by atoms with Crippen molar-refractivity contribution >= 4 is 46.7 Å². The maximum absolute atomic E-state index is 11.6. The van der Waals surface area contributed by atoms with E-state index in [9.17, 15) is 19.7 Å². The number of benzene rings is 1. The number of rotatable bonds is 8. The van der Waals surface area contributed by atoms with Crippen molar-refractivity contribution < 1.29 is 4.92 Å². The third-order valence-electron chi connectivity index (χ3n) is 3.54. The second-order valence-electron chi connectivity index (χ2n) is 5.22. The van der Waals surface area contributed by atoms with Gasteiger partial charge >= 0.3 is 16.9 Å². The summed E-state index contributed by atoms with van der Waals surface area (Å²) < 4.78 is 0. The van der Waals surface area contributed by atoms with Crippen LogP contribution in [0.4, 0.5) is 11.4 Å². The van der Waals surface area contributed by atoms with Gasteiger partial charge < -0.3 is 9.88 Å². The number of hydrogen-bond donors (Lipinski definition) is 2. The molecule has 0 atom stereocenters. The van der Waals surface area contributed by atoms with Crippen molar-refractivity contribution in [3.63, 3.8) is 0 Å². The first-order chi connectivity index (χ1) is 12.5. The van der Waals surface area contributed by atoms with Crippen molar-refractivity contribution in [2.75, 3.05) is 29.7 Å². The smallest absolute Gasteiger partial charge is 0.357 e. The Balaban J connectivity index is 2.28. The van der Waals surface area contributed by atoms with Crippen LogP contribution in [0.25, 0.3) is 12.2 Å². The van der Waals surface area contributed by atoms with Gasteiger partial charge in [0.1, 0.15) is 5.69 Å². The van der Waals surface area contributed by atoms with Crippen LogP contribution in [0.5, 0.6) is 0 Å². The number of hydrogen-bond acceptors (Lipinski definition) is 5. The zero-order valence-corrected chi connectivity index (χ0v) is 15.1. The lowest BCUT2D eigenvalue weighted by molar-refractivity contribution is -0.386. The molecule has 138 valence electrons. The van der Waals surface area contributed by atoms with Gasteiger partial charge in [0.25, 0.3) is 0 Å². The average Bonchev–Trinajstić information content (AvgIpc) is 2.59. The van der Waals surface area contributed by atoms with Gasteiger partial charge in [-0.3, -0.25) is 19.9 Å². The molecule has 1 heterocycles. The standard InChI is InChI=1S/C16H16Cl2N4O4/c17-7-9-21(10-8-18)12-4-1-11(2-5-12)3-6-13-14(22(25)26)15(23)20-16(24)19-13/h1-6H,7-10H2,(H2,19,20,23,24). The van der Waals surface area contributed by atoms with E-state index in [0.29, 0.717) is 24.8 Å². The van der Waals surface area contributed by atoms with Crippen molar-refractivity contribution in [1.82, 2.24) is 9.97 Å². The molecule has 2 rings (SSSR count). The fourth-order valence-electron chi connectivity index (χ4n) is 2.35. The average molecular weight is 399 g/mol.